The Bertz CT molecular complexity index is 752. The monoisotopic (exact) mass is 415 g/mol. The zero-order valence-corrected chi connectivity index (χ0v) is 17.0. The van der Waals surface area contributed by atoms with Gasteiger partial charge in [0.15, 0.2) is 5.69 Å². The van der Waals surface area contributed by atoms with Gasteiger partial charge in [0.25, 0.3) is 5.91 Å². The maximum absolute atomic E-state index is 12.7. The van der Waals surface area contributed by atoms with Crippen molar-refractivity contribution >= 4 is 36.5 Å². The van der Waals surface area contributed by atoms with E-state index < -0.39 is 0 Å². The number of H-pyrrole nitrogens is 1. The summed E-state index contributed by atoms with van der Waals surface area (Å²) in [6, 6.07) is 2.20. The molecule has 0 bridgehead atoms. The first kappa shape index (κ1) is 21.7. The zero-order valence-electron chi connectivity index (χ0n) is 15.4. The van der Waals surface area contributed by atoms with Gasteiger partial charge in [-0.05, 0) is 19.4 Å². The first-order valence-electron chi connectivity index (χ1n) is 9.10. The Balaban J connectivity index is 0.00000131. The highest BCUT2D eigenvalue weighted by atomic mass is 35.5. The van der Waals surface area contributed by atoms with Crippen LogP contribution in [0.25, 0.3) is 0 Å². The number of hydrogen-bond acceptors (Lipinski definition) is 5. The van der Waals surface area contributed by atoms with Crippen LogP contribution in [0.4, 0.5) is 5.82 Å². The van der Waals surface area contributed by atoms with Gasteiger partial charge in [0.2, 0.25) is 0 Å². The topological polar surface area (TPSA) is 90.9 Å². The number of nitrogens with zero attached hydrogens (tertiary/aromatic N) is 4. The Hall–Kier alpha value is -1.61. The second kappa shape index (κ2) is 9.54. The number of carbonyl (C=O) groups excluding carboxylic acids is 1. The van der Waals surface area contributed by atoms with Gasteiger partial charge in [-0.3, -0.25) is 9.89 Å². The largest absolute Gasteiger partial charge is 0.312 e. The van der Waals surface area contributed by atoms with Crippen molar-refractivity contribution in [1.82, 2.24) is 30.2 Å². The number of hydrogen-bond donors (Lipinski definition) is 3. The molecule has 4 heterocycles. The highest BCUT2D eigenvalue weighted by molar-refractivity contribution is 6.03. The normalized spacial score (nSPS) is 17.5. The van der Waals surface area contributed by atoms with Crippen LogP contribution in [0.2, 0.25) is 0 Å². The van der Waals surface area contributed by atoms with E-state index in [1.54, 1.807) is 6.20 Å². The van der Waals surface area contributed by atoms with E-state index in [2.05, 4.69) is 37.8 Å². The summed E-state index contributed by atoms with van der Waals surface area (Å²) in [5, 5.41) is 18.0. The summed E-state index contributed by atoms with van der Waals surface area (Å²) in [5.41, 5.74) is 2.52. The number of aromatic nitrogens is 4. The van der Waals surface area contributed by atoms with Gasteiger partial charge >= 0.3 is 0 Å². The molecular weight excluding hydrogens is 389 g/mol. The van der Waals surface area contributed by atoms with E-state index in [0.29, 0.717) is 18.3 Å². The summed E-state index contributed by atoms with van der Waals surface area (Å²) < 4.78 is 1.96. The van der Waals surface area contributed by atoms with E-state index in [4.69, 9.17) is 0 Å². The molecule has 0 radical (unpaired) electrons. The minimum absolute atomic E-state index is 0. The quantitative estimate of drug-likeness (QED) is 0.710. The first-order chi connectivity index (χ1) is 12.3. The molecule has 0 spiro atoms. The number of aromatic amines is 1. The molecule has 2 aromatic rings. The highest BCUT2D eigenvalue weighted by Crippen LogP contribution is 2.26. The van der Waals surface area contributed by atoms with E-state index in [0.717, 1.165) is 62.5 Å². The van der Waals surface area contributed by atoms with E-state index in [9.17, 15) is 4.79 Å². The van der Waals surface area contributed by atoms with Crippen molar-refractivity contribution in [2.45, 2.75) is 38.8 Å². The van der Waals surface area contributed by atoms with Crippen LogP contribution in [-0.4, -0.2) is 57.0 Å². The standard InChI is InChI=1S/C17H25N7O.2ClH/c1-2-23-9-5-12(6-10-23)24-15(4-8-19-24)20-17(25)16-13-11-18-7-3-14(13)21-22-16;;/h4,8,12,18H,2-3,5-7,9-11H2,1H3,(H,20,25)(H,21,22);2*1H. The molecule has 2 aromatic heterocycles. The summed E-state index contributed by atoms with van der Waals surface area (Å²) in [4.78, 5) is 15.2. The Morgan fingerprint density at radius 1 is 1.33 bits per heavy atom. The van der Waals surface area contributed by atoms with Gasteiger partial charge in [-0.25, -0.2) is 4.68 Å². The molecule has 0 atom stereocenters. The molecule has 1 fully saturated rings. The van der Waals surface area contributed by atoms with Gasteiger partial charge in [0.05, 0.1) is 12.2 Å². The van der Waals surface area contributed by atoms with Crippen LogP contribution in [0.1, 0.15) is 47.6 Å². The van der Waals surface area contributed by atoms with Gasteiger partial charge in [0, 0.05) is 49.9 Å². The Morgan fingerprint density at radius 2 is 2.11 bits per heavy atom. The third kappa shape index (κ3) is 4.45. The number of likely N-dealkylation sites (tertiary alicyclic amines) is 1. The lowest BCUT2D eigenvalue weighted by molar-refractivity contribution is 0.101. The Kier molecular flexibility index (Phi) is 7.67. The van der Waals surface area contributed by atoms with Crippen molar-refractivity contribution in [1.29, 1.82) is 0 Å². The average Bonchev–Trinajstić information content (AvgIpc) is 3.28. The highest BCUT2D eigenvalue weighted by Gasteiger charge is 2.25. The lowest BCUT2D eigenvalue weighted by Gasteiger charge is -2.31. The molecule has 8 nitrogen and oxygen atoms in total. The van der Waals surface area contributed by atoms with E-state index in [-0.39, 0.29) is 30.7 Å². The Labute approximate surface area is 171 Å². The number of anilines is 1. The molecule has 4 rings (SSSR count). The van der Waals surface area contributed by atoms with Crippen LogP contribution in [-0.2, 0) is 13.0 Å². The van der Waals surface area contributed by atoms with Gasteiger partial charge in [-0.2, -0.15) is 10.2 Å². The summed E-state index contributed by atoms with van der Waals surface area (Å²) in [6.45, 7) is 7.04. The number of piperidine rings is 1. The first-order valence-corrected chi connectivity index (χ1v) is 9.10. The maximum atomic E-state index is 12.7. The third-order valence-electron chi connectivity index (χ3n) is 5.28. The van der Waals surface area contributed by atoms with Crippen molar-refractivity contribution in [3.63, 3.8) is 0 Å². The van der Waals surface area contributed by atoms with Crippen LogP contribution in [0.3, 0.4) is 0 Å². The van der Waals surface area contributed by atoms with E-state index >= 15 is 0 Å². The fraction of sp³-hybridized carbons (Fsp3) is 0.588. The average molecular weight is 416 g/mol. The van der Waals surface area contributed by atoms with Crippen LogP contribution in [0, 0.1) is 0 Å². The fourth-order valence-electron chi connectivity index (χ4n) is 3.77. The molecule has 3 N–H and O–H groups in total. The van der Waals surface area contributed by atoms with Gasteiger partial charge in [0.1, 0.15) is 5.82 Å². The number of rotatable bonds is 4. The molecule has 27 heavy (non-hydrogen) atoms. The van der Waals surface area contributed by atoms with Crippen LogP contribution in [0.5, 0.6) is 0 Å². The molecule has 10 heteroatoms. The molecule has 150 valence electrons. The smallest absolute Gasteiger partial charge is 0.277 e. The van der Waals surface area contributed by atoms with Gasteiger partial charge in [-0.1, -0.05) is 6.92 Å². The molecule has 0 aliphatic carbocycles. The number of fused-ring (bicyclic) bond motifs is 1. The summed E-state index contributed by atoms with van der Waals surface area (Å²) in [7, 11) is 0. The maximum Gasteiger partial charge on any atom is 0.277 e. The lowest BCUT2D eigenvalue weighted by Crippen LogP contribution is -2.35. The molecule has 1 saturated heterocycles. The van der Waals surface area contributed by atoms with Crippen LogP contribution >= 0.6 is 24.8 Å². The van der Waals surface area contributed by atoms with Crippen LogP contribution < -0.4 is 10.6 Å². The fourth-order valence-corrected chi connectivity index (χ4v) is 3.77. The summed E-state index contributed by atoms with van der Waals surface area (Å²) in [6.07, 6.45) is 4.74. The number of nitrogens with one attached hydrogen (secondary N) is 3. The predicted molar refractivity (Wildman–Crippen MR) is 109 cm³/mol. The lowest BCUT2D eigenvalue weighted by atomic mass is 10.1. The zero-order chi connectivity index (χ0) is 17.2. The number of carbonyl (C=O) groups is 1. The van der Waals surface area contributed by atoms with Crippen molar-refractivity contribution in [2.75, 3.05) is 31.5 Å². The predicted octanol–water partition coefficient (Wildman–Crippen LogP) is 2.00. The summed E-state index contributed by atoms with van der Waals surface area (Å²) in [5.74, 6) is 0.578. The van der Waals surface area contributed by atoms with E-state index in [1.165, 1.54) is 0 Å². The SMILES string of the molecule is CCN1CCC(n2nccc2NC(=O)c2n[nH]c3c2CNCC3)CC1.Cl.Cl. The molecule has 0 aromatic carbocycles. The van der Waals surface area contributed by atoms with Gasteiger partial charge < -0.3 is 15.5 Å². The third-order valence-corrected chi connectivity index (χ3v) is 5.28. The minimum Gasteiger partial charge on any atom is -0.312 e. The summed E-state index contributed by atoms with van der Waals surface area (Å²) >= 11 is 0. The molecule has 0 saturated carbocycles. The molecule has 2 aliphatic rings. The van der Waals surface area contributed by atoms with Gasteiger partial charge in [-0.15, -0.1) is 24.8 Å². The Morgan fingerprint density at radius 3 is 2.85 bits per heavy atom. The molecule has 0 unspecified atom stereocenters. The van der Waals surface area contributed by atoms with Crippen molar-refractivity contribution in [3.05, 3.63) is 29.2 Å². The number of amides is 1. The van der Waals surface area contributed by atoms with Crippen molar-refractivity contribution in [3.8, 4) is 0 Å². The van der Waals surface area contributed by atoms with Crippen LogP contribution in [0.15, 0.2) is 12.3 Å². The van der Waals surface area contributed by atoms with Crippen molar-refractivity contribution < 1.29 is 4.79 Å². The van der Waals surface area contributed by atoms with Crippen molar-refractivity contribution in [2.24, 2.45) is 0 Å². The molecule has 2 aliphatic heterocycles. The van der Waals surface area contributed by atoms with E-state index in [1.807, 2.05) is 10.7 Å². The minimum atomic E-state index is -0.172. The number of halogens is 2. The second-order valence-corrected chi connectivity index (χ2v) is 6.74. The molecular formula is C17H27Cl2N7O. The second-order valence-electron chi connectivity index (χ2n) is 6.74. The molecule has 1 amide bonds.